The number of nitrogens with two attached hydrogens (primary N) is 1. The summed E-state index contributed by atoms with van der Waals surface area (Å²) in [6.07, 6.45) is 17.4. The second-order valence-electron chi connectivity index (χ2n) is 3.30. The Balaban J connectivity index is 0. The summed E-state index contributed by atoms with van der Waals surface area (Å²) in [4.78, 5) is 0. The van der Waals surface area contributed by atoms with Crippen molar-refractivity contribution in [3.8, 4) is 12.8 Å². The van der Waals surface area contributed by atoms with Crippen LogP contribution in [0.4, 0.5) is 0 Å². The lowest BCUT2D eigenvalue weighted by Gasteiger charge is -2.19. The monoisotopic (exact) mass is 233 g/mol. The van der Waals surface area contributed by atoms with Crippen LogP contribution in [0.5, 0.6) is 0 Å². The highest BCUT2D eigenvalue weighted by atomic mass is 16.3. The maximum Gasteiger partial charge on any atom is 0.102 e. The lowest BCUT2D eigenvalue weighted by atomic mass is 9.88. The molecule has 0 aliphatic heterocycles. The first-order valence-electron chi connectivity index (χ1n) is 5.64. The van der Waals surface area contributed by atoms with Crippen molar-refractivity contribution in [2.24, 2.45) is 17.6 Å². The summed E-state index contributed by atoms with van der Waals surface area (Å²) >= 11 is 0. The van der Waals surface area contributed by atoms with Crippen LogP contribution in [0.1, 0.15) is 20.8 Å². The molecule has 94 valence electrons. The highest BCUT2D eigenvalue weighted by molar-refractivity contribution is 5.24. The molecule has 0 heterocycles. The van der Waals surface area contributed by atoms with Crippen LogP contribution < -0.4 is 5.73 Å². The normalized spacial score (nSPS) is 21.6. The number of hydrogen-bond acceptors (Lipinski definition) is 2. The Labute approximate surface area is 105 Å². The van der Waals surface area contributed by atoms with Gasteiger partial charge in [-0.1, -0.05) is 51.7 Å². The van der Waals surface area contributed by atoms with Crippen LogP contribution in [0.25, 0.3) is 0 Å². The van der Waals surface area contributed by atoms with Gasteiger partial charge in [0.25, 0.3) is 0 Å². The number of aliphatic hydroxyl groups is 1. The fourth-order valence-corrected chi connectivity index (χ4v) is 1.37. The van der Waals surface area contributed by atoms with E-state index in [1.165, 1.54) is 6.08 Å². The fraction of sp³-hybridized carbons (Fsp3) is 0.333. The first-order valence-corrected chi connectivity index (χ1v) is 5.64. The van der Waals surface area contributed by atoms with Crippen LogP contribution in [-0.2, 0) is 0 Å². The molecule has 1 rings (SSSR count). The molecule has 3 N–H and O–H groups in total. The van der Waals surface area contributed by atoms with E-state index in [4.69, 9.17) is 5.73 Å². The highest BCUT2D eigenvalue weighted by Gasteiger charge is 2.17. The highest BCUT2D eigenvalue weighted by Crippen LogP contribution is 2.24. The van der Waals surface area contributed by atoms with Gasteiger partial charge in [-0.3, -0.25) is 0 Å². The van der Waals surface area contributed by atoms with Crippen LogP contribution in [0.3, 0.4) is 0 Å². The fourth-order valence-electron chi connectivity index (χ4n) is 1.37. The van der Waals surface area contributed by atoms with Gasteiger partial charge >= 0.3 is 0 Å². The van der Waals surface area contributed by atoms with Gasteiger partial charge in [-0.25, -0.2) is 0 Å². The quantitative estimate of drug-likeness (QED) is 0.435. The van der Waals surface area contributed by atoms with E-state index in [9.17, 15) is 5.11 Å². The lowest BCUT2D eigenvalue weighted by Crippen LogP contribution is -2.12. The second kappa shape index (κ2) is 10.6. The third-order valence-corrected chi connectivity index (χ3v) is 2.09. The van der Waals surface area contributed by atoms with Crippen LogP contribution >= 0.6 is 0 Å². The molecule has 0 saturated heterocycles. The van der Waals surface area contributed by atoms with Gasteiger partial charge in [-0.2, -0.15) is 0 Å². The molecule has 2 atom stereocenters. The van der Waals surface area contributed by atoms with E-state index in [1.807, 2.05) is 45.1 Å². The van der Waals surface area contributed by atoms with Crippen molar-refractivity contribution in [3.63, 3.8) is 0 Å². The SMILES string of the molecule is C#C.C=C(N)/C=C(/O)C1C=CC=CC1C.CC. The molecule has 2 unspecified atom stereocenters. The summed E-state index contributed by atoms with van der Waals surface area (Å²) in [6.45, 7) is 9.56. The first-order chi connectivity index (χ1) is 8.11. The zero-order valence-corrected chi connectivity index (χ0v) is 10.9. The van der Waals surface area contributed by atoms with Gasteiger partial charge in [0.2, 0.25) is 0 Å². The van der Waals surface area contributed by atoms with Gasteiger partial charge < -0.3 is 10.8 Å². The predicted octanol–water partition coefficient (Wildman–Crippen LogP) is 3.55. The Morgan fingerprint density at radius 2 is 1.76 bits per heavy atom. The van der Waals surface area contributed by atoms with Crippen molar-refractivity contribution in [3.05, 3.63) is 48.4 Å². The van der Waals surface area contributed by atoms with E-state index in [0.717, 1.165) is 0 Å². The van der Waals surface area contributed by atoms with E-state index in [1.54, 1.807) is 0 Å². The molecule has 0 radical (unpaired) electrons. The average molecular weight is 233 g/mol. The molecule has 0 aromatic rings. The molecule has 0 amide bonds. The lowest BCUT2D eigenvalue weighted by molar-refractivity contribution is 0.327. The van der Waals surface area contributed by atoms with E-state index in [0.29, 0.717) is 11.6 Å². The van der Waals surface area contributed by atoms with Crippen molar-refractivity contribution in [1.82, 2.24) is 0 Å². The number of aliphatic hydroxyl groups excluding tert-OH is 1. The number of allylic oxidation sites excluding steroid dienone is 5. The summed E-state index contributed by atoms with van der Waals surface area (Å²) in [5, 5.41) is 9.65. The molecular weight excluding hydrogens is 210 g/mol. The standard InChI is InChI=1S/C11H15NO.C2H6.C2H2/c1-8-5-3-4-6-10(8)11(13)7-9(2)12;2*1-2/h3-8,10,13H,2,12H2,1H3;1-2H3;1-2H/b11-7+;;. The first kappa shape index (κ1) is 17.5. The molecule has 0 saturated carbocycles. The van der Waals surface area contributed by atoms with Gasteiger partial charge in [0.1, 0.15) is 5.76 Å². The molecule has 0 aromatic heterocycles. The van der Waals surface area contributed by atoms with E-state index in [2.05, 4.69) is 19.4 Å². The van der Waals surface area contributed by atoms with E-state index >= 15 is 0 Å². The number of terminal acetylenes is 1. The minimum Gasteiger partial charge on any atom is -0.512 e. The predicted molar refractivity (Wildman–Crippen MR) is 76.2 cm³/mol. The molecule has 17 heavy (non-hydrogen) atoms. The molecule has 1 aliphatic rings. The summed E-state index contributed by atoms with van der Waals surface area (Å²) < 4.78 is 0. The van der Waals surface area contributed by atoms with Crippen molar-refractivity contribution >= 4 is 0 Å². The number of rotatable bonds is 2. The molecule has 0 aromatic carbocycles. The van der Waals surface area contributed by atoms with Gasteiger partial charge in [-0.15, -0.1) is 12.8 Å². The largest absolute Gasteiger partial charge is 0.512 e. The maximum atomic E-state index is 9.65. The zero-order valence-electron chi connectivity index (χ0n) is 10.9. The number of hydrogen-bond donors (Lipinski definition) is 2. The van der Waals surface area contributed by atoms with Gasteiger partial charge in [0, 0.05) is 11.6 Å². The molecule has 1 aliphatic carbocycles. The smallest absolute Gasteiger partial charge is 0.102 e. The Morgan fingerprint density at radius 1 is 1.29 bits per heavy atom. The van der Waals surface area contributed by atoms with Crippen LogP contribution in [0.15, 0.2) is 48.4 Å². The van der Waals surface area contributed by atoms with Crippen molar-refractivity contribution in [1.29, 1.82) is 0 Å². The zero-order chi connectivity index (χ0) is 13.8. The Bertz CT molecular complexity index is 321. The second-order valence-corrected chi connectivity index (χ2v) is 3.30. The van der Waals surface area contributed by atoms with E-state index in [-0.39, 0.29) is 11.7 Å². The minimum absolute atomic E-state index is 0.0327. The summed E-state index contributed by atoms with van der Waals surface area (Å²) in [5.74, 6) is 0.617. The van der Waals surface area contributed by atoms with Crippen molar-refractivity contribution in [2.75, 3.05) is 0 Å². The molecule has 2 heteroatoms. The average Bonchev–Trinajstić information content (AvgIpc) is 2.34. The Kier molecular flexibility index (Phi) is 11.0. The molecule has 0 bridgehead atoms. The van der Waals surface area contributed by atoms with Crippen LogP contribution in [0.2, 0.25) is 0 Å². The van der Waals surface area contributed by atoms with Crippen molar-refractivity contribution in [2.45, 2.75) is 20.8 Å². The maximum absolute atomic E-state index is 9.65. The van der Waals surface area contributed by atoms with Gasteiger partial charge in [0.05, 0.1) is 0 Å². The van der Waals surface area contributed by atoms with Gasteiger partial charge in [-0.05, 0) is 12.0 Å². The van der Waals surface area contributed by atoms with E-state index < -0.39 is 0 Å². The third kappa shape index (κ3) is 7.08. The van der Waals surface area contributed by atoms with Crippen molar-refractivity contribution < 1.29 is 5.11 Å². The Hall–Kier alpha value is -1.88. The van der Waals surface area contributed by atoms with Crippen LogP contribution in [0, 0.1) is 24.7 Å². The molecule has 0 spiro atoms. The van der Waals surface area contributed by atoms with Gasteiger partial charge in [0.15, 0.2) is 0 Å². The molecular formula is C15H23NO. The summed E-state index contributed by atoms with van der Waals surface area (Å²) in [7, 11) is 0. The molecule has 2 nitrogen and oxygen atoms in total. The minimum atomic E-state index is 0.0327. The van der Waals surface area contributed by atoms with Crippen LogP contribution in [-0.4, -0.2) is 5.11 Å². The summed E-state index contributed by atoms with van der Waals surface area (Å²) in [5.41, 5.74) is 5.75. The topological polar surface area (TPSA) is 46.2 Å². The summed E-state index contributed by atoms with van der Waals surface area (Å²) in [6, 6.07) is 0. The molecule has 0 fully saturated rings. The third-order valence-electron chi connectivity index (χ3n) is 2.09. The Morgan fingerprint density at radius 3 is 2.18 bits per heavy atom.